The zero-order valence-corrected chi connectivity index (χ0v) is 17.8. The Labute approximate surface area is 176 Å². The van der Waals surface area contributed by atoms with Crippen LogP contribution in [0, 0.1) is 0 Å². The normalized spacial score (nSPS) is 14.3. The molecular formula is C23H27N5O2. The van der Waals surface area contributed by atoms with E-state index in [1.54, 1.807) is 6.20 Å². The molecule has 3 aromatic rings. The molecule has 0 saturated carbocycles. The highest BCUT2D eigenvalue weighted by Crippen LogP contribution is 2.26. The smallest absolute Gasteiger partial charge is 0.412 e. The number of hydrogen-bond donors (Lipinski definition) is 2. The summed E-state index contributed by atoms with van der Waals surface area (Å²) in [4.78, 5) is 23.5. The fourth-order valence-corrected chi connectivity index (χ4v) is 3.54. The highest BCUT2D eigenvalue weighted by atomic mass is 16.6. The standard InChI is InChI=1S/C23H27N5O2/c1-23(2,3)30-22(29)27-20-7-5-6-19-18(20)13-24-21(26-19)25-17-9-8-15-10-11-28(4)14-16(15)12-17/h5-9,12-13H,10-11,14H2,1-4H3,(H,27,29)(H,24,25,26). The van der Waals surface area contributed by atoms with Crippen LogP contribution in [0.2, 0.25) is 0 Å². The number of fused-ring (bicyclic) bond motifs is 2. The molecule has 0 radical (unpaired) electrons. The van der Waals surface area contributed by atoms with Gasteiger partial charge < -0.3 is 15.0 Å². The first-order valence-corrected chi connectivity index (χ1v) is 10.1. The minimum absolute atomic E-state index is 0.503. The molecule has 0 bridgehead atoms. The summed E-state index contributed by atoms with van der Waals surface area (Å²) in [7, 11) is 2.14. The molecule has 7 nitrogen and oxygen atoms in total. The summed E-state index contributed by atoms with van der Waals surface area (Å²) >= 11 is 0. The maximum Gasteiger partial charge on any atom is 0.412 e. The van der Waals surface area contributed by atoms with Gasteiger partial charge in [-0.25, -0.2) is 14.8 Å². The summed E-state index contributed by atoms with van der Waals surface area (Å²) in [6, 6.07) is 12.0. The van der Waals surface area contributed by atoms with Crippen LogP contribution in [-0.4, -0.2) is 40.2 Å². The number of ether oxygens (including phenoxy) is 1. The first-order chi connectivity index (χ1) is 14.3. The number of aromatic nitrogens is 2. The van der Waals surface area contributed by atoms with Crippen molar-refractivity contribution in [3.63, 3.8) is 0 Å². The van der Waals surface area contributed by atoms with Gasteiger partial charge in [0.25, 0.3) is 0 Å². The number of nitrogens with zero attached hydrogens (tertiary/aromatic N) is 3. The summed E-state index contributed by atoms with van der Waals surface area (Å²) in [5, 5.41) is 6.83. The second-order valence-electron chi connectivity index (χ2n) is 8.66. The van der Waals surface area contributed by atoms with Crippen LogP contribution in [0.4, 0.5) is 22.1 Å². The van der Waals surface area contributed by atoms with Gasteiger partial charge in [-0.15, -0.1) is 0 Å². The molecule has 0 atom stereocenters. The van der Waals surface area contributed by atoms with Gasteiger partial charge in [0, 0.05) is 30.4 Å². The Balaban J connectivity index is 1.54. The maximum atomic E-state index is 12.1. The number of amides is 1. The van der Waals surface area contributed by atoms with Crippen molar-refractivity contribution in [2.24, 2.45) is 0 Å². The predicted molar refractivity (Wildman–Crippen MR) is 119 cm³/mol. The van der Waals surface area contributed by atoms with Gasteiger partial charge in [-0.3, -0.25) is 5.32 Å². The first-order valence-electron chi connectivity index (χ1n) is 10.1. The van der Waals surface area contributed by atoms with E-state index in [0.29, 0.717) is 11.6 Å². The molecule has 4 rings (SSSR count). The Morgan fingerprint density at radius 3 is 2.80 bits per heavy atom. The van der Waals surface area contributed by atoms with Crippen LogP contribution in [-0.2, 0) is 17.7 Å². The second kappa shape index (κ2) is 7.91. The van der Waals surface area contributed by atoms with Crippen LogP contribution in [0.25, 0.3) is 10.9 Å². The number of carbonyl (C=O) groups is 1. The first kappa shape index (κ1) is 20.1. The fourth-order valence-electron chi connectivity index (χ4n) is 3.54. The van der Waals surface area contributed by atoms with Crippen molar-refractivity contribution < 1.29 is 9.53 Å². The Morgan fingerprint density at radius 1 is 1.17 bits per heavy atom. The Morgan fingerprint density at radius 2 is 2.00 bits per heavy atom. The molecule has 1 amide bonds. The van der Waals surface area contributed by atoms with E-state index in [9.17, 15) is 4.79 Å². The molecule has 0 unspecified atom stereocenters. The van der Waals surface area contributed by atoms with Gasteiger partial charge in [0.2, 0.25) is 5.95 Å². The molecule has 1 aromatic heterocycles. The average Bonchev–Trinajstić information content (AvgIpc) is 2.66. The Bertz CT molecular complexity index is 1090. The summed E-state index contributed by atoms with van der Waals surface area (Å²) in [6.07, 6.45) is 2.28. The lowest BCUT2D eigenvalue weighted by molar-refractivity contribution is 0.0636. The van der Waals surface area contributed by atoms with E-state index in [4.69, 9.17) is 4.74 Å². The van der Waals surface area contributed by atoms with Crippen molar-refractivity contribution in [2.45, 2.75) is 39.3 Å². The molecule has 1 aliphatic heterocycles. The van der Waals surface area contributed by atoms with E-state index < -0.39 is 11.7 Å². The number of anilines is 3. The van der Waals surface area contributed by atoms with E-state index in [1.165, 1.54) is 11.1 Å². The number of rotatable bonds is 3. The third kappa shape index (κ3) is 4.68. The highest BCUT2D eigenvalue weighted by Gasteiger charge is 2.17. The average molecular weight is 406 g/mol. The SMILES string of the molecule is CN1CCc2ccc(Nc3ncc4c(NC(=O)OC(C)(C)C)cccc4n3)cc2C1. The van der Waals surface area contributed by atoms with Gasteiger partial charge in [0.05, 0.1) is 11.2 Å². The molecule has 30 heavy (non-hydrogen) atoms. The van der Waals surface area contributed by atoms with Crippen LogP contribution in [0.1, 0.15) is 31.9 Å². The lowest BCUT2D eigenvalue weighted by atomic mass is 9.99. The zero-order valence-electron chi connectivity index (χ0n) is 17.8. The highest BCUT2D eigenvalue weighted by molar-refractivity contribution is 5.98. The molecule has 0 fully saturated rings. The molecule has 1 aliphatic rings. The number of hydrogen-bond acceptors (Lipinski definition) is 6. The summed E-state index contributed by atoms with van der Waals surface area (Å²) in [5.41, 5.74) is 4.48. The van der Waals surface area contributed by atoms with Crippen LogP contribution in [0.5, 0.6) is 0 Å². The Hall–Kier alpha value is -3.19. The summed E-state index contributed by atoms with van der Waals surface area (Å²) in [6.45, 7) is 7.52. The maximum absolute atomic E-state index is 12.1. The predicted octanol–water partition coefficient (Wildman–Crippen LogP) is 4.71. The largest absolute Gasteiger partial charge is 0.444 e. The van der Waals surface area contributed by atoms with E-state index in [2.05, 4.69) is 50.7 Å². The number of benzene rings is 2. The summed E-state index contributed by atoms with van der Waals surface area (Å²) in [5.74, 6) is 0.515. The zero-order chi connectivity index (χ0) is 21.3. The quantitative estimate of drug-likeness (QED) is 0.657. The third-order valence-corrected chi connectivity index (χ3v) is 4.93. The van der Waals surface area contributed by atoms with E-state index in [-0.39, 0.29) is 0 Å². The monoisotopic (exact) mass is 405 g/mol. The number of carbonyl (C=O) groups excluding carboxylic acids is 1. The van der Waals surface area contributed by atoms with E-state index in [0.717, 1.165) is 36.1 Å². The minimum Gasteiger partial charge on any atom is -0.444 e. The molecule has 0 spiro atoms. The van der Waals surface area contributed by atoms with Crippen LogP contribution in [0.15, 0.2) is 42.6 Å². The molecule has 0 saturated heterocycles. The molecule has 0 aliphatic carbocycles. The van der Waals surface area contributed by atoms with Crippen molar-refractivity contribution >= 4 is 34.3 Å². The van der Waals surface area contributed by atoms with Gasteiger partial charge >= 0.3 is 6.09 Å². The second-order valence-corrected chi connectivity index (χ2v) is 8.66. The lowest BCUT2D eigenvalue weighted by Crippen LogP contribution is -2.27. The lowest BCUT2D eigenvalue weighted by Gasteiger charge is -2.25. The van der Waals surface area contributed by atoms with Crippen LogP contribution in [0.3, 0.4) is 0 Å². The topological polar surface area (TPSA) is 79.4 Å². The molecule has 156 valence electrons. The summed E-state index contributed by atoms with van der Waals surface area (Å²) < 4.78 is 5.34. The van der Waals surface area contributed by atoms with E-state index in [1.807, 2.05) is 39.0 Å². The fraction of sp³-hybridized carbons (Fsp3) is 0.348. The van der Waals surface area contributed by atoms with Gasteiger partial charge in [-0.1, -0.05) is 12.1 Å². The molecule has 2 aromatic carbocycles. The number of likely N-dealkylation sites (N-methyl/N-ethyl adjacent to an activating group) is 1. The van der Waals surface area contributed by atoms with Gasteiger partial charge in [0.15, 0.2) is 0 Å². The Kier molecular flexibility index (Phi) is 5.30. The molecule has 2 N–H and O–H groups in total. The van der Waals surface area contributed by atoms with Crippen molar-refractivity contribution in [3.8, 4) is 0 Å². The van der Waals surface area contributed by atoms with Crippen LogP contribution >= 0.6 is 0 Å². The van der Waals surface area contributed by atoms with Crippen molar-refractivity contribution in [2.75, 3.05) is 24.2 Å². The van der Waals surface area contributed by atoms with Crippen molar-refractivity contribution in [1.29, 1.82) is 0 Å². The van der Waals surface area contributed by atoms with Gasteiger partial charge in [-0.05, 0) is 69.6 Å². The van der Waals surface area contributed by atoms with Crippen molar-refractivity contribution in [1.82, 2.24) is 14.9 Å². The molecule has 7 heteroatoms. The van der Waals surface area contributed by atoms with Gasteiger partial charge in [0.1, 0.15) is 5.60 Å². The van der Waals surface area contributed by atoms with Crippen LogP contribution < -0.4 is 10.6 Å². The third-order valence-electron chi connectivity index (χ3n) is 4.93. The van der Waals surface area contributed by atoms with Crippen molar-refractivity contribution in [3.05, 3.63) is 53.7 Å². The molecular weight excluding hydrogens is 378 g/mol. The van der Waals surface area contributed by atoms with Gasteiger partial charge in [-0.2, -0.15) is 0 Å². The molecule has 2 heterocycles. The number of nitrogens with one attached hydrogen (secondary N) is 2. The van der Waals surface area contributed by atoms with E-state index >= 15 is 0 Å². The minimum atomic E-state index is -0.564.